The van der Waals surface area contributed by atoms with E-state index in [-0.39, 0.29) is 5.78 Å². The van der Waals surface area contributed by atoms with E-state index in [1.54, 1.807) is 42.6 Å². The van der Waals surface area contributed by atoms with Crippen LogP contribution in [0.4, 0.5) is 0 Å². The number of furan rings is 1. The summed E-state index contributed by atoms with van der Waals surface area (Å²) in [7, 11) is 0. The Bertz CT molecular complexity index is 517. The van der Waals surface area contributed by atoms with Crippen molar-refractivity contribution in [1.29, 1.82) is 0 Å². The Balaban J connectivity index is 2.11. The van der Waals surface area contributed by atoms with Gasteiger partial charge in [0.1, 0.15) is 11.5 Å². The number of nitrogens with zero attached hydrogens (tertiary/aromatic N) is 1. The molecule has 0 aliphatic rings. The maximum atomic E-state index is 11.6. The van der Waals surface area contributed by atoms with Gasteiger partial charge < -0.3 is 4.42 Å². The summed E-state index contributed by atoms with van der Waals surface area (Å²) in [4.78, 5) is 15.6. The minimum atomic E-state index is -0.145. The fourth-order valence-corrected chi connectivity index (χ4v) is 1.49. The SMILES string of the molecule is O=C(C=Cc1ccc(Br)o1)c1ccccn1. The van der Waals surface area contributed by atoms with Crippen molar-refractivity contribution in [3.05, 3.63) is 58.7 Å². The van der Waals surface area contributed by atoms with Crippen LogP contribution in [0.5, 0.6) is 0 Å². The predicted octanol–water partition coefficient (Wildman–Crippen LogP) is 3.33. The fraction of sp³-hybridized carbons (Fsp3) is 0. The Morgan fingerprint density at radius 1 is 1.31 bits per heavy atom. The molecule has 0 fully saturated rings. The lowest BCUT2D eigenvalue weighted by atomic mass is 10.2. The second kappa shape index (κ2) is 4.90. The Morgan fingerprint density at radius 3 is 2.81 bits per heavy atom. The molecule has 0 saturated carbocycles. The molecule has 0 bridgehead atoms. The number of carbonyl (C=O) groups is 1. The number of halogens is 1. The van der Waals surface area contributed by atoms with Gasteiger partial charge >= 0.3 is 0 Å². The highest BCUT2D eigenvalue weighted by molar-refractivity contribution is 9.10. The molecular formula is C12H8BrNO2. The van der Waals surface area contributed by atoms with Crippen LogP contribution in [-0.4, -0.2) is 10.8 Å². The van der Waals surface area contributed by atoms with Crippen LogP contribution < -0.4 is 0 Å². The lowest BCUT2D eigenvalue weighted by Crippen LogP contribution is -1.96. The molecule has 2 heterocycles. The first-order chi connectivity index (χ1) is 7.75. The lowest BCUT2D eigenvalue weighted by molar-refractivity contribution is 0.104. The van der Waals surface area contributed by atoms with Crippen LogP contribution in [0.15, 0.2) is 51.7 Å². The molecule has 2 rings (SSSR count). The fourth-order valence-electron chi connectivity index (χ4n) is 1.17. The van der Waals surface area contributed by atoms with Gasteiger partial charge in [0.15, 0.2) is 4.67 Å². The minimum Gasteiger partial charge on any atom is -0.450 e. The van der Waals surface area contributed by atoms with Crippen molar-refractivity contribution in [2.75, 3.05) is 0 Å². The van der Waals surface area contributed by atoms with E-state index in [1.165, 1.54) is 6.08 Å². The van der Waals surface area contributed by atoms with Gasteiger partial charge in [0, 0.05) is 6.20 Å². The summed E-state index contributed by atoms with van der Waals surface area (Å²) in [6, 6.07) is 8.75. The standard InChI is InChI=1S/C12H8BrNO2/c13-12-7-5-9(16-12)4-6-11(15)10-3-1-2-8-14-10/h1-8H. The number of hydrogen-bond acceptors (Lipinski definition) is 3. The van der Waals surface area contributed by atoms with Crippen LogP contribution in [0.3, 0.4) is 0 Å². The molecule has 2 aromatic heterocycles. The predicted molar refractivity (Wildman–Crippen MR) is 64.0 cm³/mol. The van der Waals surface area contributed by atoms with Gasteiger partial charge in [0.05, 0.1) is 0 Å². The van der Waals surface area contributed by atoms with Crippen molar-refractivity contribution >= 4 is 27.8 Å². The zero-order valence-corrected chi connectivity index (χ0v) is 9.85. The van der Waals surface area contributed by atoms with Gasteiger partial charge in [-0.05, 0) is 52.3 Å². The Labute approximate surface area is 101 Å². The Kier molecular flexibility index (Phi) is 3.31. The Morgan fingerprint density at radius 2 is 2.19 bits per heavy atom. The van der Waals surface area contributed by atoms with Crippen molar-refractivity contribution in [2.24, 2.45) is 0 Å². The maximum Gasteiger partial charge on any atom is 0.204 e. The van der Waals surface area contributed by atoms with Gasteiger partial charge in [-0.3, -0.25) is 9.78 Å². The van der Waals surface area contributed by atoms with Crippen LogP contribution in [0.1, 0.15) is 16.2 Å². The van der Waals surface area contributed by atoms with Crippen molar-refractivity contribution in [1.82, 2.24) is 4.98 Å². The molecule has 0 unspecified atom stereocenters. The zero-order chi connectivity index (χ0) is 11.4. The molecular weight excluding hydrogens is 270 g/mol. The quantitative estimate of drug-likeness (QED) is 0.638. The van der Waals surface area contributed by atoms with E-state index in [2.05, 4.69) is 20.9 Å². The van der Waals surface area contributed by atoms with Gasteiger partial charge in [-0.15, -0.1) is 0 Å². The van der Waals surface area contributed by atoms with E-state index in [4.69, 9.17) is 4.42 Å². The summed E-state index contributed by atoms with van der Waals surface area (Å²) in [5.41, 5.74) is 0.421. The minimum absolute atomic E-state index is 0.145. The second-order valence-corrected chi connectivity index (χ2v) is 3.84. The highest BCUT2D eigenvalue weighted by Gasteiger charge is 2.02. The highest BCUT2D eigenvalue weighted by Crippen LogP contribution is 2.15. The third kappa shape index (κ3) is 2.67. The van der Waals surface area contributed by atoms with Crippen molar-refractivity contribution in [3.8, 4) is 0 Å². The highest BCUT2D eigenvalue weighted by atomic mass is 79.9. The molecule has 4 heteroatoms. The van der Waals surface area contributed by atoms with E-state index >= 15 is 0 Å². The van der Waals surface area contributed by atoms with Crippen LogP contribution in [0.2, 0.25) is 0 Å². The van der Waals surface area contributed by atoms with E-state index in [0.29, 0.717) is 16.1 Å². The molecule has 0 amide bonds. The number of carbonyl (C=O) groups excluding carboxylic acids is 1. The molecule has 0 aromatic carbocycles. The second-order valence-electron chi connectivity index (χ2n) is 3.05. The molecule has 0 aliphatic heterocycles. The van der Waals surface area contributed by atoms with Gasteiger partial charge in [-0.25, -0.2) is 0 Å². The topological polar surface area (TPSA) is 43.1 Å². The molecule has 2 aromatic rings. The van der Waals surface area contributed by atoms with Gasteiger partial charge in [0.2, 0.25) is 5.78 Å². The number of rotatable bonds is 3. The summed E-state index contributed by atoms with van der Waals surface area (Å²) in [6.45, 7) is 0. The monoisotopic (exact) mass is 277 g/mol. The first kappa shape index (κ1) is 10.8. The van der Waals surface area contributed by atoms with Gasteiger partial charge in [-0.2, -0.15) is 0 Å². The third-order valence-corrected chi connectivity index (χ3v) is 2.34. The summed E-state index contributed by atoms with van der Waals surface area (Å²) < 4.78 is 5.86. The molecule has 3 nitrogen and oxygen atoms in total. The zero-order valence-electron chi connectivity index (χ0n) is 8.26. The van der Waals surface area contributed by atoms with Gasteiger partial charge in [-0.1, -0.05) is 6.07 Å². The van der Waals surface area contributed by atoms with E-state index in [9.17, 15) is 4.79 Å². The lowest BCUT2D eigenvalue weighted by Gasteiger charge is -1.91. The molecule has 0 N–H and O–H groups in total. The van der Waals surface area contributed by atoms with Crippen molar-refractivity contribution in [2.45, 2.75) is 0 Å². The van der Waals surface area contributed by atoms with Crippen LogP contribution >= 0.6 is 15.9 Å². The normalized spacial score (nSPS) is 10.8. The molecule has 0 saturated heterocycles. The largest absolute Gasteiger partial charge is 0.450 e. The van der Waals surface area contributed by atoms with E-state index < -0.39 is 0 Å². The molecule has 0 radical (unpaired) electrons. The summed E-state index contributed by atoms with van der Waals surface area (Å²) in [5, 5.41) is 0. The smallest absolute Gasteiger partial charge is 0.204 e. The molecule has 0 atom stereocenters. The molecule has 0 aliphatic carbocycles. The van der Waals surface area contributed by atoms with E-state index in [1.807, 2.05) is 0 Å². The summed E-state index contributed by atoms with van der Waals surface area (Å²) in [5.74, 6) is 0.476. The van der Waals surface area contributed by atoms with Gasteiger partial charge in [0.25, 0.3) is 0 Å². The van der Waals surface area contributed by atoms with E-state index in [0.717, 1.165) is 0 Å². The molecule has 80 valence electrons. The number of pyridine rings is 1. The summed E-state index contributed by atoms with van der Waals surface area (Å²) >= 11 is 3.19. The number of hydrogen-bond donors (Lipinski definition) is 0. The number of ketones is 1. The van der Waals surface area contributed by atoms with Crippen LogP contribution in [0.25, 0.3) is 6.08 Å². The number of allylic oxidation sites excluding steroid dienone is 1. The first-order valence-corrected chi connectivity index (χ1v) is 5.44. The maximum absolute atomic E-state index is 11.6. The van der Waals surface area contributed by atoms with Crippen molar-refractivity contribution in [3.63, 3.8) is 0 Å². The van der Waals surface area contributed by atoms with Crippen molar-refractivity contribution < 1.29 is 9.21 Å². The molecule has 0 spiro atoms. The number of aromatic nitrogens is 1. The average Bonchev–Trinajstić information content (AvgIpc) is 2.73. The first-order valence-electron chi connectivity index (χ1n) is 4.64. The Hall–Kier alpha value is -1.68. The van der Waals surface area contributed by atoms with Crippen LogP contribution in [-0.2, 0) is 0 Å². The van der Waals surface area contributed by atoms with Crippen LogP contribution in [0, 0.1) is 0 Å². The average molecular weight is 278 g/mol. The third-order valence-electron chi connectivity index (χ3n) is 1.91. The molecule has 16 heavy (non-hydrogen) atoms. The summed E-state index contributed by atoms with van der Waals surface area (Å²) in [6.07, 6.45) is 4.64.